The lowest BCUT2D eigenvalue weighted by atomic mass is 9.99. The Labute approximate surface area is 178 Å². The van der Waals surface area contributed by atoms with E-state index in [1.165, 1.54) is 0 Å². The third-order valence-corrected chi connectivity index (χ3v) is 5.81. The maximum Gasteiger partial charge on any atom is 0.277 e. The van der Waals surface area contributed by atoms with Crippen LogP contribution in [0.5, 0.6) is 0 Å². The monoisotopic (exact) mass is 403 g/mol. The molecule has 1 aliphatic heterocycles. The van der Waals surface area contributed by atoms with Gasteiger partial charge in [0.1, 0.15) is 0 Å². The van der Waals surface area contributed by atoms with E-state index in [1.807, 2.05) is 48.5 Å². The molecule has 0 spiro atoms. The number of nitro groups is 1. The standard InChI is InChI=1S/C26H17N3O2/c30-29(31)22-11-5-4-10-21(22)19-16-18-14-15-27-23-12-6-7-13-24(23)28(25(17-19)26(18)27)20-8-2-1-3-9-20/h1-17H. The predicted molar refractivity (Wildman–Crippen MR) is 124 cm³/mol. The molecule has 5 nitrogen and oxygen atoms in total. The molecular weight excluding hydrogens is 386 g/mol. The van der Waals surface area contributed by atoms with Crippen molar-refractivity contribution in [1.29, 1.82) is 0 Å². The molecule has 0 fully saturated rings. The molecule has 148 valence electrons. The largest absolute Gasteiger partial charge is 0.313 e. The van der Waals surface area contributed by atoms with Crippen LogP contribution >= 0.6 is 0 Å². The smallest absolute Gasteiger partial charge is 0.277 e. The van der Waals surface area contributed by atoms with Crippen molar-refractivity contribution in [3.63, 3.8) is 0 Å². The number of para-hydroxylation sites is 4. The van der Waals surface area contributed by atoms with Gasteiger partial charge >= 0.3 is 0 Å². The summed E-state index contributed by atoms with van der Waals surface area (Å²) in [4.78, 5) is 13.6. The van der Waals surface area contributed by atoms with Crippen molar-refractivity contribution >= 4 is 33.7 Å². The Balaban J connectivity index is 1.69. The summed E-state index contributed by atoms with van der Waals surface area (Å²) >= 11 is 0. The first kappa shape index (κ1) is 17.5. The van der Waals surface area contributed by atoms with Gasteiger partial charge in [-0.25, -0.2) is 0 Å². The highest BCUT2D eigenvalue weighted by Crippen LogP contribution is 2.48. The highest BCUT2D eigenvalue weighted by Gasteiger charge is 2.27. The average Bonchev–Trinajstić information content (AvgIpc) is 3.25. The molecule has 1 aliphatic rings. The van der Waals surface area contributed by atoms with Gasteiger partial charge < -0.3 is 9.47 Å². The highest BCUT2D eigenvalue weighted by molar-refractivity contribution is 6.05. The zero-order valence-corrected chi connectivity index (χ0v) is 16.5. The summed E-state index contributed by atoms with van der Waals surface area (Å²) in [5, 5.41) is 12.7. The number of hydrogen-bond acceptors (Lipinski definition) is 3. The molecule has 0 bridgehead atoms. The fourth-order valence-corrected chi connectivity index (χ4v) is 4.51. The van der Waals surface area contributed by atoms with Crippen molar-refractivity contribution in [2.24, 2.45) is 0 Å². The van der Waals surface area contributed by atoms with E-state index in [4.69, 9.17) is 0 Å². The number of fused-ring (bicyclic) bond motifs is 2. The summed E-state index contributed by atoms with van der Waals surface area (Å²) < 4.78 is 2.20. The third-order valence-electron chi connectivity index (χ3n) is 5.81. The number of nitro benzene ring substituents is 1. The first-order valence-corrected chi connectivity index (χ1v) is 10.1. The zero-order valence-electron chi connectivity index (χ0n) is 16.5. The van der Waals surface area contributed by atoms with Gasteiger partial charge in [0.2, 0.25) is 0 Å². The average molecular weight is 403 g/mol. The van der Waals surface area contributed by atoms with Crippen molar-refractivity contribution in [3.05, 3.63) is 113 Å². The van der Waals surface area contributed by atoms with Gasteiger partial charge in [-0.15, -0.1) is 0 Å². The van der Waals surface area contributed by atoms with Crippen LogP contribution in [0.3, 0.4) is 0 Å². The minimum atomic E-state index is -0.319. The lowest BCUT2D eigenvalue weighted by Gasteiger charge is -2.33. The van der Waals surface area contributed by atoms with Gasteiger partial charge in [-0.3, -0.25) is 10.1 Å². The molecule has 0 aliphatic carbocycles. The molecule has 31 heavy (non-hydrogen) atoms. The van der Waals surface area contributed by atoms with Crippen LogP contribution in [-0.4, -0.2) is 9.49 Å². The fraction of sp³-hybridized carbons (Fsp3) is 0. The van der Waals surface area contributed by atoms with Gasteiger partial charge in [-0.2, -0.15) is 0 Å². The second-order valence-electron chi connectivity index (χ2n) is 7.55. The molecule has 0 amide bonds. The Hall–Kier alpha value is -4.38. The number of aromatic nitrogens is 1. The molecule has 5 heteroatoms. The molecule has 2 heterocycles. The summed E-state index contributed by atoms with van der Waals surface area (Å²) in [5.41, 5.74) is 6.86. The molecule has 1 aromatic heterocycles. The van der Waals surface area contributed by atoms with Gasteiger partial charge in [0.25, 0.3) is 5.69 Å². The SMILES string of the molecule is O=[N+]([O-])c1ccccc1-c1cc2c3c(ccn3-c3ccccc3N2c2ccccc2)c1. The fourth-order valence-electron chi connectivity index (χ4n) is 4.51. The lowest BCUT2D eigenvalue weighted by Crippen LogP contribution is -2.17. The second kappa shape index (κ2) is 6.57. The van der Waals surface area contributed by atoms with Gasteiger partial charge in [-0.05, 0) is 54.1 Å². The van der Waals surface area contributed by atoms with E-state index in [2.05, 4.69) is 52.1 Å². The van der Waals surface area contributed by atoms with Gasteiger partial charge in [0, 0.05) is 23.3 Å². The Bertz CT molecular complexity index is 1470. The molecular formula is C26H17N3O2. The van der Waals surface area contributed by atoms with Crippen LogP contribution in [0.4, 0.5) is 22.7 Å². The van der Waals surface area contributed by atoms with Crippen molar-refractivity contribution in [3.8, 4) is 16.8 Å². The Morgan fingerprint density at radius 3 is 2.23 bits per heavy atom. The van der Waals surface area contributed by atoms with Crippen LogP contribution in [-0.2, 0) is 0 Å². The van der Waals surface area contributed by atoms with Crippen LogP contribution < -0.4 is 4.90 Å². The first-order chi connectivity index (χ1) is 15.2. The van der Waals surface area contributed by atoms with E-state index in [1.54, 1.807) is 12.1 Å². The maximum atomic E-state index is 11.7. The van der Waals surface area contributed by atoms with E-state index in [0.717, 1.165) is 39.2 Å². The molecule has 0 N–H and O–H groups in total. The predicted octanol–water partition coefficient (Wildman–Crippen LogP) is 6.99. The zero-order chi connectivity index (χ0) is 20.9. The molecule has 4 aromatic carbocycles. The van der Waals surface area contributed by atoms with Crippen molar-refractivity contribution < 1.29 is 4.92 Å². The van der Waals surface area contributed by atoms with Crippen molar-refractivity contribution in [2.45, 2.75) is 0 Å². The molecule has 5 aromatic rings. The van der Waals surface area contributed by atoms with Crippen molar-refractivity contribution in [1.82, 2.24) is 4.57 Å². The van der Waals surface area contributed by atoms with Crippen LogP contribution in [0.15, 0.2) is 103 Å². The molecule has 0 unspecified atom stereocenters. The second-order valence-corrected chi connectivity index (χ2v) is 7.55. The Morgan fingerprint density at radius 2 is 1.42 bits per heavy atom. The Kier molecular flexibility index (Phi) is 3.70. The molecule has 0 atom stereocenters. The summed E-state index contributed by atoms with van der Waals surface area (Å²) in [5.74, 6) is 0. The van der Waals surface area contributed by atoms with E-state index in [0.29, 0.717) is 5.56 Å². The number of nitrogens with zero attached hydrogens (tertiary/aromatic N) is 3. The van der Waals surface area contributed by atoms with E-state index < -0.39 is 0 Å². The third kappa shape index (κ3) is 2.57. The molecule has 0 saturated heterocycles. The van der Waals surface area contributed by atoms with E-state index in [9.17, 15) is 10.1 Å². The van der Waals surface area contributed by atoms with Crippen LogP contribution in [0.1, 0.15) is 0 Å². The number of hydrogen-bond donors (Lipinski definition) is 0. The van der Waals surface area contributed by atoms with Gasteiger partial charge in [0.05, 0.1) is 33.1 Å². The van der Waals surface area contributed by atoms with Gasteiger partial charge in [0.15, 0.2) is 0 Å². The summed E-state index contributed by atoms with van der Waals surface area (Å²) in [7, 11) is 0. The van der Waals surface area contributed by atoms with Crippen LogP contribution in [0.25, 0.3) is 27.7 Å². The van der Waals surface area contributed by atoms with Crippen molar-refractivity contribution in [2.75, 3.05) is 4.90 Å². The lowest BCUT2D eigenvalue weighted by molar-refractivity contribution is -0.384. The van der Waals surface area contributed by atoms with Crippen LogP contribution in [0.2, 0.25) is 0 Å². The van der Waals surface area contributed by atoms with E-state index in [-0.39, 0.29) is 10.6 Å². The number of rotatable bonds is 3. The number of anilines is 3. The van der Waals surface area contributed by atoms with Gasteiger partial charge in [-0.1, -0.05) is 42.5 Å². The van der Waals surface area contributed by atoms with Crippen LogP contribution in [0, 0.1) is 10.1 Å². The van der Waals surface area contributed by atoms with E-state index >= 15 is 0 Å². The summed E-state index contributed by atoms with van der Waals surface area (Å²) in [6.07, 6.45) is 2.07. The molecule has 0 radical (unpaired) electrons. The molecule has 0 saturated carbocycles. The normalized spacial score (nSPS) is 12.1. The topological polar surface area (TPSA) is 51.3 Å². The number of benzene rings is 4. The summed E-state index contributed by atoms with van der Waals surface area (Å²) in [6, 6.07) is 31.6. The minimum absolute atomic E-state index is 0.107. The quantitative estimate of drug-likeness (QED) is 0.236. The summed E-state index contributed by atoms with van der Waals surface area (Å²) in [6.45, 7) is 0. The first-order valence-electron chi connectivity index (χ1n) is 10.1. The molecule has 6 rings (SSSR count). The minimum Gasteiger partial charge on any atom is -0.313 e. The highest BCUT2D eigenvalue weighted by atomic mass is 16.6. The Morgan fingerprint density at radius 1 is 0.710 bits per heavy atom. The maximum absolute atomic E-state index is 11.7.